The maximum atomic E-state index is 12.8. The highest BCUT2D eigenvalue weighted by molar-refractivity contribution is 9.10. The number of hydrogen-bond acceptors (Lipinski definition) is 4. The third-order valence-electron chi connectivity index (χ3n) is 4.73. The fourth-order valence-corrected chi connectivity index (χ4v) is 5.40. The molecule has 0 unspecified atom stereocenters. The van der Waals surface area contributed by atoms with Gasteiger partial charge in [-0.3, -0.25) is 4.79 Å². The maximum Gasteiger partial charge on any atom is 0.282 e. The number of morpholine rings is 1. The number of halogens is 1. The first-order valence-corrected chi connectivity index (χ1v) is 11.0. The summed E-state index contributed by atoms with van der Waals surface area (Å²) in [5.74, 6) is -0.404. The van der Waals surface area contributed by atoms with Gasteiger partial charge in [0.15, 0.2) is 0 Å². The quantitative estimate of drug-likeness (QED) is 0.741. The molecule has 2 aliphatic rings. The molecule has 1 atom stereocenters. The lowest BCUT2D eigenvalue weighted by Crippen LogP contribution is -2.52. The molecule has 0 spiro atoms. The Balaban J connectivity index is 1.58. The van der Waals surface area contributed by atoms with Crippen molar-refractivity contribution in [2.75, 3.05) is 39.4 Å². The van der Waals surface area contributed by atoms with Gasteiger partial charge in [-0.1, -0.05) is 28.1 Å². The van der Waals surface area contributed by atoms with Crippen molar-refractivity contribution in [1.82, 2.24) is 13.9 Å². The number of nitrogens with one attached hydrogen (secondary N) is 1. The molecule has 2 saturated heterocycles. The van der Waals surface area contributed by atoms with Crippen LogP contribution in [0.15, 0.2) is 28.7 Å². The zero-order valence-corrected chi connectivity index (χ0v) is 17.0. The third-order valence-corrected chi connectivity index (χ3v) is 7.23. The van der Waals surface area contributed by atoms with Crippen molar-refractivity contribution in [2.24, 2.45) is 5.92 Å². The molecule has 9 heteroatoms. The van der Waals surface area contributed by atoms with E-state index in [2.05, 4.69) is 21.2 Å². The number of rotatable bonds is 5. The second-order valence-corrected chi connectivity index (χ2v) is 9.41. The zero-order valence-electron chi connectivity index (χ0n) is 14.6. The number of hydrogen-bond donors (Lipinski definition) is 1. The van der Waals surface area contributed by atoms with Gasteiger partial charge in [0.1, 0.15) is 0 Å². The Hall–Kier alpha value is -1.00. The summed E-state index contributed by atoms with van der Waals surface area (Å²) in [6.45, 7) is 2.73. The van der Waals surface area contributed by atoms with E-state index in [1.165, 1.54) is 8.61 Å². The second kappa shape index (κ2) is 8.79. The van der Waals surface area contributed by atoms with E-state index in [0.717, 1.165) is 10.0 Å². The van der Waals surface area contributed by atoms with Gasteiger partial charge in [0, 0.05) is 37.2 Å². The van der Waals surface area contributed by atoms with E-state index in [1.807, 2.05) is 24.3 Å². The fourth-order valence-electron chi connectivity index (χ4n) is 3.29. The van der Waals surface area contributed by atoms with Crippen LogP contribution in [-0.2, 0) is 26.3 Å². The lowest BCUT2D eigenvalue weighted by Gasteiger charge is -2.36. The van der Waals surface area contributed by atoms with E-state index in [-0.39, 0.29) is 18.4 Å². The monoisotopic (exact) mass is 445 g/mol. The minimum atomic E-state index is -3.52. The highest BCUT2D eigenvalue weighted by Crippen LogP contribution is 2.22. The Morgan fingerprint density at radius 3 is 2.73 bits per heavy atom. The Labute approximate surface area is 163 Å². The summed E-state index contributed by atoms with van der Waals surface area (Å²) in [5.41, 5.74) is 1.00. The van der Waals surface area contributed by atoms with Crippen LogP contribution >= 0.6 is 15.9 Å². The highest BCUT2D eigenvalue weighted by atomic mass is 79.9. The van der Waals surface area contributed by atoms with Crippen molar-refractivity contribution in [1.29, 1.82) is 0 Å². The molecule has 0 aliphatic carbocycles. The topological polar surface area (TPSA) is 79.0 Å². The molecule has 0 saturated carbocycles. The van der Waals surface area contributed by atoms with Gasteiger partial charge in [0.05, 0.1) is 19.1 Å². The molecule has 3 rings (SSSR count). The van der Waals surface area contributed by atoms with Crippen molar-refractivity contribution in [3.05, 3.63) is 34.3 Å². The first kappa shape index (κ1) is 19.8. The van der Waals surface area contributed by atoms with E-state index >= 15 is 0 Å². The molecule has 2 fully saturated rings. The van der Waals surface area contributed by atoms with Crippen LogP contribution < -0.4 is 5.32 Å². The van der Waals surface area contributed by atoms with Crippen LogP contribution in [0.5, 0.6) is 0 Å². The van der Waals surface area contributed by atoms with Gasteiger partial charge in [-0.25, -0.2) is 0 Å². The van der Waals surface area contributed by atoms with Crippen LogP contribution in [0.4, 0.5) is 0 Å². The number of amides is 1. The van der Waals surface area contributed by atoms with Crippen molar-refractivity contribution in [3.8, 4) is 0 Å². The van der Waals surface area contributed by atoms with E-state index < -0.39 is 10.2 Å². The Morgan fingerprint density at radius 2 is 2.00 bits per heavy atom. The number of carbonyl (C=O) groups is 1. The molecule has 0 radical (unpaired) electrons. The summed E-state index contributed by atoms with van der Waals surface area (Å²) in [7, 11) is -3.52. The molecule has 0 bridgehead atoms. The molecule has 1 N–H and O–H groups in total. The van der Waals surface area contributed by atoms with Gasteiger partial charge in [-0.15, -0.1) is 0 Å². The van der Waals surface area contributed by atoms with E-state index in [9.17, 15) is 13.2 Å². The number of ether oxygens (including phenoxy) is 1. The van der Waals surface area contributed by atoms with Gasteiger partial charge < -0.3 is 10.1 Å². The largest absolute Gasteiger partial charge is 0.379 e. The average molecular weight is 446 g/mol. The fraction of sp³-hybridized carbons (Fsp3) is 0.588. The van der Waals surface area contributed by atoms with Crippen LogP contribution in [0.3, 0.4) is 0 Å². The molecule has 2 aliphatic heterocycles. The predicted molar refractivity (Wildman–Crippen MR) is 102 cm³/mol. The third kappa shape index (κ3) is 4.83. The SMILES string of the molecule is O=C(NCc1cccc(Br)c1)[C@@H]1CCCN(S(=O)(=O)N2CCOCC2)C1. The molecular weight excluding hydrogens is 422 g/mol. The van der Waals surface area contributed by atoms with Crippen molar-refractivity contribution in [3.63, 3.8) is 0 Å². The molecule has 1 amide bonds. The standard InChI is InChI=1S/C17H24BrN3O4S/c18-16-5-1-3-14(11-16)12-19-17(22)15-4-2-6-21(13-15)26(23,24)20-7-9-25-10-8-20/h1,3,5,11,15H,2,4,6-10,12-13H2,(H,19,22)/t15-/m1/s1. The number of piperidine rings is 1. The van der Waals surface area contributed by atoms with Gasteiger partial charge in [-0.2, -0.15) is 17.0 Å². The average Bonchev–Trinajstić information content (AvgIpc) is 2.67. The summed E-state index contributed by atoms with van der Waals surface area (Å²) < 4.78 is 34.7. The lowest BCUT2D eigenvalue weighted by molar-refractivity contribution is -0.126. The number of carbonyl (C=O) groups excluding carboxylic acids is 1. The van der Waals surface area contributed by atoms with Crippen LogP contribution in [0.1, 0.15) is 18.4 Å². The molecule has 1 aromatic rings. The first-order chi connectivity index (χ1) is 12.5. The van der Waals surface area contributed by atoms with Crippen LogP contribution in [-0.4, -0.2) is 62.3 Å². The van der Waals surface area contributed by atoms with Crippen molar-refractivity contribution >= 4 is 32.0 Å². The Morgan fingerprint density at radius 1 is 1.23 bits per heavy atom. The predicted octanol–water partition coefficient (Wildman–Crippen LogP) is 1.35. The van der Waals surface area contributed by atoms with Crippen LogP contribution in [0.25, 0.3) is 0 Å². The summed E-state index contributed by atoms with van der Waals surface area (Å²) in [4.78, 5) is 12.5. The highest BCUT2D eigenvalue weighted by Gasteiger charge is 2.36. The second-order valence-electron chi connectivity index (χ2n) is 6.56. The summed E-state index contributed by atoms with van der Waals surface area (Å²) in [6, 6.07) is 7.75. The first-order valence-electron chi connectivity index (χ1n) is 8.82. The zero-order chi connectivity index (χ0) is 18.6. The van der Waals surface area contributed by atoms with Crippen molar-refractivity contribution in [2.45, 2.75) is 19.4 Å². The van der Waals surface area contributed by atoms with E-state index in [4.69, 9.17) is 4.74 Å². The summed E-state index contributed by atoms with van der Waals surface area (Å²) in [5, 5.41) is 2.93. The Kier molecular flexibility index (Phi) is 6.68. The number of benzene rings is 1. The normalized spacial score (nSPS) is 22.9. The van der Waals surface area contributed by atoms with Gasteiger partial charge >= 0.3 is 0 Å². The molecule has 2 heterocycles. The van der Waals surface area contributed by atoms with Gasteiger partial charge in [-0.05, 0) is 30.5 Å². The molecule has 144 valence electrons. The van der Waals surface area contributed by atoms with Crippen LogP contribution in [0.2, 0.25) is 0 Å². The molecule has 26 heavy (non-hydrogen) atoms. The summed E-state index contributed by atoms with van der Waals surface area (Å²) in [6.07, 6.45) is 1.40. The minimum absolute atomic E-state index is 0.0909. The van der Waals surface area contributed by atoms with Gasteiger partial charge in [0.25, 0.3) is 10.2 Å². The molecular formula is C17H24BrN3O4S. The number of nitrogens with zero attached hydrogens (tertiary/aromatic N) is 2. The smallest absolute Gasteiger partial charge is 0.282 e. The molecule has 7 nitrogen and oxygen atoms in total. The van der Waals surface area contributed by atoms with E-state index in [1.54, 1.807) is 0 Å². The van der Waals surface area contributed by atoms with Gasteiger partial charge in [0.2, 0.25) is 5.91 Å². The van der Waals surface area contributed by atoms with E-state index in [0.29, 0.717) is 52.2 Å². The molecule has 1 aromatic carbocycles. The van der Waals surface area contributed by atoms with Crippen LogP contribution in [0, 0.1) is 5.92 Å². The molecule has 0 aromatic heterocycles. The Bertz CT molecular complexity index is 737. The maximum absolute atomic E-state index is 12.8. The summed E-state index contributed by atoms with van der Waals surface area (Å²) >= 11 is 3.41. The minimum Gasteiger partial charge on any atom is -0.379 e. The van der Waals surface area contributed by atoms with Crippen molar-refractivity contribution < 1.29 is 17.9 Å². The lowest BCUT2D eigenvalue weighted by atomic mass is 9.99.